The van der Waals surface area contributed by atoms with Crippen molar-refractivity contribution < 1.29 is 64.9 Å². The normalized spacial score (nSPS) is 45.8. The summed E-state index contributed by atoms with van der Waals surface area (Å²) in [6.07, 6.45) is -16.5. The predicted molar refractivity (Wildman–Crippen MR) is 85.4 cm³/mol. The molecule has 0 aliphatic carbocycles. The van der Waals surface area contributed by atoms with E-state index in [-0.39, 0.29) is 0 Å². The van der Waals surface area contributed by atoms with E-state index in [1.54, 1.807) is 0 Å². The first kappa shape index (κ1) is 23.8. The van der Waals surface area contributed by atoms with Gasteiger partial charge >= 0.3 is 0 Å². The summed E-state index contributed by atoms with van der Waals surface area (Å²) in [5, 5.41) is 86.5. The van der Waals surface area contributed by atoms with E-state index in [0.717, 1.165) is 0 Å². The second kappa shape index (κ2) is 10.5. The zero-order valence-corrected chi connectivity index (χ0v) is 14.8. The summed E-state index contributed by atoms with van der Waals surface area (Å²) in [6.45, 7) is -2.16. The zero-order chi connectivity index (χ0) is 21.0. The van der Waals surface area contributed by atoms with E-state index in [0.29, 0.717) is 0 Å². The van der Waals surface area contributed by atoms with E-state index >= 15 is 0 Å². The van der Waals surface area contributed by atoms with Gasteiger partial charge in [-0.05, 0) is 0 Å². The molecule has 166 valence electrons. The number of hydrogen-bond acceptors (Lipinski definition) is 13. The molecule has 0 saturated carbocycles. The molecular weight excluding hydrogens is 388 g/mol. The van der Waals surface area contributed by atoms with Gasteiger partial charge < -0.3 is 64.9 Å². The number of rotatable bonds is 8. The van der Waals surface area contributed by atoms with Gasteiger partial charge in [-0.15, -0.1) is 0 Å². The highest BCUT2D eigenvalue weighted by Gasteiger charge is 2.47. The van der Waals surface area contributed by atoms with Crippen LogP contribution < -0.4 is 0 Å². The summed E-state index contributed by atoms with van der Waals surface area (Å²) in [7, 11) is 0. The van der Waals surface area contributed by atoms with E-state index in [4.69, 9.17) is 29.2 Å². The van der Waals surface area contributed by atoms with Crippen LogP contribution in [-0.2, 0) is 18.9 Å². The smallest absolute Gasteiger partial charge is 0.186 e. The van der Waals surface area contributed by atoms with Crippen molar-refractivity contribution in [3.05, 3.63) is 0 Å². The lowest BCUT2D eigenvalue weighted by atomic mass is 9.98. The quantitative estimate of drug-likeness (QED) is 0.180. The Labute approximate surface area is 159 Å². The minimum absolute atomic E-state index is 0.415. The molecule has 0 aromatic carbocycles. The average molecular weight is 416 g/mol. The van der Waals surface area contributed by atoms with Gasteiger partial charge in [-0.3, -0.25) is 0 Å². The first-order chi connectivity index (χ1) is 13.2. The number of aliphatic hydroxyl groups is 9. The standard InChI is InChI=1S/C15H28O13/c16-1-5(18)3-25-14-13(24)11(22)9(20)7(28-14)4-26-15-12(23)10(21)8(19)6(2-17)27-15/h5-24H,1-4H2/t5?,6-,7-,8+,9+,10+,11+,12-,13-,14-,15-/m1/s1. The molecule has 2 fully saturated rings. The highest BCUT2D eigenvalue weighted by Crippen LogP contribution is 2.25. The van der Waals surface area contributed by atoms with E-state index in [1.165, 1.54) is 0 Å². The fraction of sp³-hybridized carbons (Fsp3) is 1.00. The molecule has 2 saturated heterocycles. The van der Waals surface area contributed by atoms with E-state index in [2.05, 4.69) is 0 Å². The fourth-order valence-electron chi connectivity index (χ4n) is 2.85. The van der Waals surface area contributed by atoms with Crippen LogP contribution in [0.3, 0.4) is 0 Å². The number of aliphatic hydroxyl groups excluding tert-OH is 9. The lowest BCUT2D eigenvalue weighted by Gasteiger charge is -2.42. The van der Waals surface area contributed by atoms with Crippen LogP contribution in [0.1, 0.15) is 0 Å². The molecule has 0 aromatic rings. The van der Waals surface area contributed by atoms with Gasteiger partial charge in [0.05, 0.1) is 26.4 Å². The summed E-state index contributed by atoms with van der Waals surface area (Å²) >= 11 is 0. The van der Waals surface area contributed by atoms with Crippen LogP contribution in [0.4, 0.5) is 0 Å². The Morgan fingerprint density at radius 2 is 1.18 bits per heavy atom. The molecule has 1 unspecified atom stereocenters. The van der Waals surface area contributed by atoms with Gasteiger partial charge in [0, 0.05) is 0 Å². The Hall–Kier alpha value is -0.520. The first-order valence-electron chi connectivity index (χ1n) is 8.73. The van der Waals surface area contributed by atoms with Crippen LogP contribution in [0, 0.1) is 0 Å². The van der Waals surface area contributed by atoms with Crippen molar-refractivity contribution in [2.45, 2.75) is 67.5 Å². The summed E-state index contributed by atoms with van der Waals surface area (Å²) in [5.41, 5.74) is 0. The van der Waals surface area contributed by atoms with E-state index in [1.807, 2.05) is 0 Å². The van der Waals surface area contributed by atoms with E-state index in [9.17, 15) is 35.7 Å². The maximum absolute atomic E-state index is 10.0. The molecule has 11 atom stereocenters. The van der Waals surface area contributed by atoms with Gasteiger partial charge in [0.1, 0.15) is 54.9 Å². The van der Waals surface area contributed by atoms with Gasteiger partial charge in [0.2, 0.25) is 0 Å². The molecule has 2 aliphatic heterocycles. The molecule has 0 bridgehead atoms. The predicted octanol–water partition coefficient (Wildman–Crippen LogP) is -6.02. The molecular formula is C15H28O13. The average Bonchev–Trinajstić information content (AvgIpc) is 2.70. The van der Waals surface area contributed by atoms with Gasteiger partial charge in [0.25, 0.3) is 0 Å². The Morgan fingerprint density at radius 3 is 1.71 bits per heavy atom. The van der Waals surface area contributed by atoms with Crippen molar-refractivity contribution in [3.8, 4) is 0 Å². The monoisotopic (exact) mass is 416 g/mol. The van der Waals surface area contributed by atoms with Gasteiger partial charge in [-0.2, -0.15) is 0 Å². The second-order valence-corrected chi connectivity index (χ2v) is 6.72. The lowest BCUT2D eigenvalue weighted by Crippen LogP contribution is -2.61. The van der Waals surface area contributed by atoms with Crippen molar-refractivity contribution in [1.82, 2.24) is 0 Å². The van der Waals surface area contributed by atoms with Crippen LogP contribution in [0.15, 0.2) is 0 Å². The summed E-state index contributed by atoms with van der Waals surface area (Å²) < 4.78 is 20.8. The topological polar surface area (TPSA) is 219 Å². The Morgan fingerprint density at radius 1 is 0.679 bits per heavy atom. The third-order valence-corrected chi connectivity index (χ3v) is 4.61. The van der Waals surface area contributed by atoms with Crippen LogP contribution in [0.2, 0.25) is 0 Å². The number of hydrogen-bond donors (Lipinski definition) is 9. The van der Waals surface area contributed by atoms with Gasteiger partial charge in [-0.25, -0.2) is 0 Å². The Kier molecular flexibility index (Phi) is 8.90. The van der Waals surface area contributed by atoms with Crippen molar-refractivity contribution in [1.29, 1.82) is 0 Å². The highest BCUT2D eigenvalue weighted by molar-refractivity contribution is 4.91. The van der Waals surface area contributed by atoms with E-state index < -0.39 is 93.9 Å². The molecule has 0 spiro atoms. The minimum Gasteiger partial charge on any atom is -0.394 e. The Balaban J connectivity index is 1.95. The van der Waals surface area contributed by atoms with Crippen LogP contribution in [0.5, 0.6) is 0 Å². The zero-order valence-electron chi connectivity index (χ0n) is 14.8. The molecule has 9 N–H and O–H groups in total. The lowest BCUT2D eigenvalue weighted by molar-refractivity contribution is -0.332. The minimum atomic E-state index is -1.69. The maximum Gasteiger partial charge on any atom is 0.186 e. The molecule has 0 radical (unpaired) electrons. The second-order valence-electron chi connectivity index (χ2n) is 6.72. The largest absolute Gasteiger partial charge is 0.394 e. The summed E-state index contributed by atoms with van der Waals surface area (Å²) in [4.78, 5) is 0. The van der Waals surface area contributed by atoms with Crippen LogP contribution in [0.25, 0.3) is 0 Å². The summed E-state index contributed by atoms with van der Waals surface area (Å²) in [5.74, 6) is 0. The molecule has 2 rings (SSSR count). The van der Waals surface area contributed by atoms with Crippen LogP contribution >= 0.6 is 0 Å². The molecule has 0 amide bonds. The van der Waals surface area contributed by atoms with Crippen molar-refractivity contribution >= 4 is 0 Å². The van der Waals surface area contributed by atoms with Gasteiger partial charge in [-0.1, -0.05) is 0 Å². The first-order valence-corrected chi connectivity index (χ1v) is 8.73. The highest BCUT2D eigenvalue weighted by atomic mass is 16.7. The molecule has 13 nitrogen and oxygen atoms in total. The summed E-state index contributed by atoms with van der Waals surface area (Å²) in [6, 6.07) is 0. The van der Waals surface area contributed by atoms with Crippen molar-refractivity contribution in [3.63, 3.8) is 0 Å². The maximum atomic E-state index is 10.0. The molecule has 2 heterocycles. The third-order valence-electron chi connectivity index (χ3n) is 4.61. The molecule has 28 heavy (non-hydrogen) atoms. The SMILES string of the molecule is OCC(O)CO[C@@H]1O[C@H](CO[C@@H]2O[C@H](CO)[C@H](O)[C@H](O)[C@H]2O)[C@H](O)[C@H](O)[C@H]1O. The van der Waals surface area contributed by atoms with Gasteiger partial charge in [0.15, 0.2) is 12.6 Å². The van der Waals surface area contributed by atoms with Crippen molar-refractivity contribution in [2.75, 3.05) is 26.4 Å². The third kappa shape index (κ3) is 5.34. The van der Waals surface area contributed by atoms with Crippen molar-refractivity contribution in [2.24, 2.45) is 0 Å². The number of ether oxygens (including phenoxy) is 4. The van der Waals surface area contributed by atoms with Crippen LogP contribution in [-0.4, -0.2) is 140 Å². The Bertz CT molecular complexity index is 465. The molecule has 0 aromatic heterocycles. The molecule has 13 heteroatoms. The fourth-order valence-corrected chi connectivity index (χ4v) is 2.85. The molecule has 2 aliphatic rings.